The number of piperidine rings is 1. The van der Waals surface area contributed by atoms with Crippen molar-refractivity contribution in [2.75, 3.05) is 13.1 Å². The Balaban J connectivity index is 1.79. The maximum absolute atomic E-state index is 13.1. The first-order valence-corrected chi connectivity index (χ1v) is 8.40. The van der Waals surface area contributed by atoms with Crippen molar-refractivity contribution in [3.63, 3.8) is 0 Å². The monoisotopic (exact) mass is 283 g/mol. The summed E-state index contributed by atoms with van der Waals surface area (Å²) in [6, 6.07) is 6.54. The third-order valence-corrected chi connectivity index (χ3v) is 6.30. The largest absolute Gasteiger partial charge is 0.293 e. The smallest absolute Gasteiger partial charge is 0.180 e. The predicted octanol–water partition coefficient (Wildman–Crippen LogP) is 3.57. The number of rotatable bonds is 2. The Morgan fingerprint density at radius 2 is 2.10 bits per heavy atom. The third-order valence-electron chi connectivity index (χ3n) is 6.30. The van der Waals surface area contributed by atoms with E-state index in [1.807, 2.05) is 0 Å². The van der Waals surface area contributed by atoms with Gasteiger partial charge >= 0.3 is 0 Å². The van der Waals surface area contributed by atoms with Gasteiger partial charge in [-0.1, -0.05) is 37.6 Å². The Hall–Kier alpha value is -1.15. The van der Waals surface area contributed by atoms with E-state index < -0.39 is 0 Å². The van der Waals surface area contributed by atoms with Crippen LogP contribution < -0.4 is 0 Å². The molecule has 1 aliphatic heterocycles. The highest BCUT2D eigenvalue weighted by Crippen LogP contribution is 2.49. The summed E-state index contributed by atoms with van der Waals surface area (Å²) in [6.07, 6.45) is 3.90. The highest BCUT2D eigenvalue weighted by Gasteiger charge is 2.52. The molecule has 0 unspecified atom stereocenters. The van der Waals surface area contributed by atoms with Crippen LogP contribution in [0.2, 0.25) is 0 Å². The molecule has 1 saturated carbocycles. The van der Waals surface area contributed by atoms with Gasteiger partial charge in [0.05, 0.1) is 6.04 Å². The molecule has 2 nitrogen and oxygen atoms in total. The molecule has 2 bridgehead atoms. The van der Waals surface area contributed by atoms with E-state index in [0.717, 1.165) is 24.6 Å². The Kier molecular flexibility index (Phi) is 2.85. The first kappa shape index (κ1) is 13.5. The Morgan fingerprint density at radius 3 is 2.81 bits per heavy atom. The minimum absolute atomic E-state index is 0.111. The zero-order chi connectivity index (χ0) is 14.8. The van der Waals surface area contributed by atoms with Crippen LogP contribution in [0, 0.1) is 18.8 Å². The van der Waals surface area contributed by atoms with Crippen LogP contribution in [-0.4, -0.2) is 29.8 Å². The fourth-order valence-electron chi connectivity index (χ4n) is 4.52. The lowest BCUT2D eigenvalue weighted by Crippen LogP contribution is -2.61. The van der Waals surface area contributed by atoms with Crippen molar-refractivity contribution in [1.29, 1.82) is 0 Å². The second-order valence-corrected chi connectivity index (χ2v) is 7.75. The van der Waals surface area contributed by atoms with Crippen molar-refractivity contribution < 1.29 is 4.79 Å². The van der Waals surface area contributed by atoms with E-state index >= 15 is 0 Å². The molecule has 0 radical (unpaired) electrons. The van der Waals surface area contributed by atoms with E-state index in [9.17, 15) is 4.79 Å². The average molecular weight is 283 g/mol. The standard InChI is InChI=1S/C19H25NO/c1-12-4-7-15-16(10-12)19(3)8-9-20(11-14-5-6-14)17(13(19)2)18(15)21/h4,7,10,13-14,17H,5-6,8-9,11H2,1-3H3/t13-,17-,19-/m0/s1. The summed E-state index contributed by atoms with van der Waals surface area (Å²) in [6.45, 7) is 9.03. The minimum Gasteiger partial charge on any atom is -0.293 e. The molecule has 0 amide bonds. The number of carbonyl (C=O) groups is 1. The maximum atomic E-state index is 13.1. The molecule has 3 aliphatic rings. The number of benzene rings is 1. The van der Waals surface area contributed by atoms with Crippen LogP contribution in [0.25, 0.3) is 0 Å². The van der Waals surface area contributed by atoms with Gasteiger partial charge in [-0.25, -0.2) is 0 Å². The Bertz CT molecular complexity index is 604. The first-order chi connectivity index (χ1) is 10.0. The lowest BCUT2D eigenvalue weighted by Gasteiger charge is -2.53. The quantitative estimate of drug-likeness (QED) is 0.827. The van der Waals surface area contributed by atoms with Crippen molar-refractivity contribution in [3.05, 3.63) is 34.9 Å². The number of hydrogen-bond donors (Lipinski definition) is 0. The molecule has 1 aromatic rings. The van der Waals surface area contributed by atoms with E-state index in [-0.39, 0.29) is 11.5 Å². The van der Waals surface area contributed by atoms with E-state index in [1.54, 1.807) is 0 Å². The number of ketones is 1. The summed E-state index contributed by atoms with van der Waals surface area (Å²) in [5.74, 6) is 1.65. The number of carbonyl (C=O) groups excluding carboxylic acids is 1. The van der Waals surface area contributed by atoms with Crippen molar-refractivity contribution >= 4 is 5.78 Å². The van der Waals surface area contributed by atoms with Crippen LogP contribution in [0.1, 0.15) is 54.6 Å². The highest BCUT2D eigenvalue weighted by molar-refractivity contribution is 6.03. The Labute approximate surface area is 127 Å². The molecular formula is C19H25NO. The molecule has 0 spiro atoms. The van der Waals surface area contributed by atoms with Crippen LogP contribution in [-0.2, 0) is 5.41 Å². The van der Waals surface area contributed by atoms with Crippen LogP contribution in [0.3, 0.4) is 0 Å². The van der Waals surface area contributed by atoms with Gasteiger partial charge in [-0.2, -0.15) is 0 Å². The molecular weight excluding hydrogens is 258 g/mol. The summed E-state index contributed by atoms with van der Waals surface area (Å²) in [5, 5.41) is 0. The second kappa shape index (κ2) is 4.42. The van der Waals surface area contributed by atoms with Crippen molar-refractivity contribution in [3.8, 4) is 0 Å². The lowest BCUT2D eigenvalue weighted by molar-refractivity contribution is 0.0266. The van der Waals surface area contributed by atoms with Gasteiger partial charge in [-0.15, -0.1) is 0 Å². The van der Waals surface area contributed by atoms with E-state index in [1.165, 1.54) is 30.4 Å². The number of likely N-dealkylation sites (tertiary alicyclic amines) is 1. The fourth-order valence-corrected chi connectivity index (χ4v) is 4.52. The van der Waals surface area contributed by atoms with Crippen molar-refractivity contribution in [1.82, 2.24) is 4.90 Å². The normalized spacial score (nSPS) is 35.7. The molecule has 0 N–H and O–H groups in total. The maximum Gasteiger partial charge on any atom is 0.180 e. The lowest BCUT2D eigenvalue weighted by atomic mass is 9.58. The SMILES string of the molecule is Cc1ccc2c(c1)[C@@]1(C)CCN(CC3CC3)[C@H](C2=O)[C@@H]1C. The fraction of sp³-hybridized carbons (Fsp3) is 0.632. The van der Waals surface area contributed by atoms with Gasteiger partial charge in [0.2, 0.25) is 0 Å². The summed E-state index contributed by atoms with van der Waals surface area (Å²) in [5.41, 5.74) is 3.74. The molecule has 4 rings (SSSR count). The number of nitrogens with zero attached hydrogens (tertiary/aromatic N) is 1. The molecule has 112 valence electrons. The second-order valence-electron chi connectivity index (χ2n) is 7.75. The number of Topliss-reactive ketones (excluding diaryl/α,β-unsaturated/α-hetero) is 1. The molecule has 2 fully saturated rings. The molecule has 2 heteroatoms. The molecule has 1 aromatic carbocycles. The van der Waals surface area contributed by atoms with Gasteiger partial charge in [0, 0.05) is 12.1 Å². The first-order valence-electron chi connectivity index (χ1n) is 8.40. The van der Waals surface area contributed by atoms with Crippen molar-refractivity contribution in [2.45, 2.75) is 51.5 Å². The van der Waals surface area contributed by atoms with E-state index in [0.29, 0.717) is 11.7 Å². The van der Waals surface area contributed by atoms with E-state index in [4.69, 9.17) is 0 Å². The van der Waals surface area contributed by atoms with Crippen molar-refractivity contribution in [2.24, 2.45) is 11.8 Å². The van der Waals surface area contributed by atoms with Gasteiger partial charge < -0.3 is 0 Å². The Morgan fingerprint density at radius 1 is 1.33 bits per heavy atom. The minimum atomic E-state index is 0.111. The summed E-state index contributed by atoms with van der Waals surface area (Å²) in [7, 11) is 0. The third kappa shape index (κ3) is 1.92. The highest BCUT2D eigenvalue weighted by atomic mass is 16.1. The van der Waals surface area contributed by atoms with E-state index in [2.05, 4.69) is 43.9 Å². The van der Waals surface area contributed by atoms with Crippen LogP contribution in [0.5, 0.6) is 0 Å². The summed E-state index contributed by atoms with van der Waals surface area (Å²) < 4.78 is 0. The van der Waals surface area contributed by atoms with Gasteiger partial charge in [0.25, 0.3) is 0 Å². The van der Waals surface area contributed by atoms with Gasteiger partial charge in [-0.3, -0.25) is 9.69 Å². The molecule has 1 heterocycles. The van der Waals surface area contributed by atoms with Crippen LogP contribution in [0.4, 0.5) is 0 Å². The van der Waals surface area contributed by atoms with Gasteiger partial charge in [0.15, 0.2) is 5.78 Å². The number of aryl methyl sites for hydroxylation is 1. The van der Waals surface area contributed by atoms with Crippen LogP contribution in [0.15, 0.2) is 18.2 Å². The summed E-state index contributed by atoms with van der Waals surface area (Å²) in [4.78, 5) is 15.6. The zero-order valence-electron chi connectivity index (χ0n) is 13.4. The molecule has 1 saturated heterocycles. The zero-order valence-corrected chi connectivity index (χ0v) is 13.4. The molecule has 2 aliphatic carbocycles. The summed E-state index contributed by atoms with van der Waals surface area (Å²) >= 11 is 0. The van der Waals surface area contributed by atoms with Gasteiger partial charge in [-0.05, 0) is 55.5 Å². The predicted molar refractivity (Wildman–Crippen MR) is 84.7 cm³/mol. The van der Waals surface area contributed by atoms with Crippen LogP contribution >= 0.6 is 0 Å². The topological polar surface area (TPSA) is 20.3 Å². The number of fused-ring (bicyclic) bond motifs is 4. The average Bonchev–Trinajstić information content (AvgIpc) is 3.25. The van der Waals surface area contributed by atoms with Gasteiger partial charge in [0.1, 0.15) is 0 Å². The molecule has 0 aromatic heterocycles. The molecule has 3 atom stereocenters. The molecule has 21 heavy (non-hydrogen) atoms. The number of hydrogen-bond acceptors (Lipinski definition) is 2.